The van der Waals surface area contributed by atoms with E-state index in [9.17, 15) is 4.79 Å². The Kier molecular flexibility index (Phi) is 6.01. The average Bonchev–Trinajstić information content (AvgIpc) is 3.24. The van der Waals surface area contributed by atoms with Crippen molar-refractivity contribution in [1.82, 2.24) is 14.7 Å². The minimum absolute atomic E-state index is 0.00825. The van der Waals surface area contributed by atoms with Crippen LogP contribution in [0.25, 0.3) is 0 Å². The third kappa shape index (κ3) is 4.59. The average molecular weight is 448 g/mol. The molecular formula is C20H22BrN3O2S. The highest BCUT2D eigenvalue weighted by Gasteiger charge is 2.17. The van der Waals surface area contributed by atoms with Crippen molar-refractivity contribution in [3.8, 4) is 5.75 Å². The normalized spacial score (nSPS) is 10.9. The van der Waals surface area contributed by atoms with E-state index < -0.39 is 0 Å². The minimum atomic E-state index is -0.00825. The Morgan fingerprint density at radius 3 is 2.81 bits per heavy atom. The summed E-state index contributed by atoms with van der Waals surface area (Å²) in [7, 11) is 3.67. The Morgan fingerprint density at radius 1 is 1.33 bits per heavy atom. The van der Waals surface area contributed by atoms with Crippen LogP contribution in [0.4, 0.5) is 0 Å². The largest absolute Gasteiger partial charge is 0.489 e. The summed E-state index contributed by atoms with van der Waals surface area (Å²) in [4.78, 5) is 15.1. The number of hydrogen-bond donors (Lipinski definition) is 0. The van der Waals surface area contributed by atoms with Gasteiger partial charge in [-0.05, 0) is 58.4 Å². The zero-order chi connectivity index (χ0) is 19.6. The van der Waals surface area contributed by atoms with Gasteiger partial charge in [0.05, 0.1) is 27.8 Å². The predicted molar refractivity (Wildman–Crippen MR) is 111 cm³/mol. The number of hydrogen-bond acceptors (Lipinski definition) is 4. The molecule has 0 N–H and O–H groups in total. The fraction of sp³-hybridized carbons (Fsp3) is 0.300. The Balaban J connectivity index is 1.64. The van der Waals surface area contributed by atoms with E-state index in [2.05, 4.69) is 33.2 Å². The van der Waals surface area contributed by atoms with Gasteiger partial charge >= 0.3 is 0 Å². The fourth-order valence-electron chi connectivity index (χ4n) is 2.69. The van der Waals surface area contributed by atoms with Gasteiger partial charge in [-0.15, -0.1) is 11.3 Å². The van der Waals surface area contributed by atoms with Gasteiger partial charge in [-0.3, -0.25) is 9.48 Å². The molecule has 2 aromatic heterocycles. The monoisotopic (exact) mass is 447 g/mol. The first-order valence-corrected chi connectivity index (χ1v) is 10.2. The molecular weight excluding hydrogens is 426 g/mol. The van der Waals surface area contributed by atoms with Crippen molar-refractivity contribution in [2.75, 3.05) is 7.05 Å². The molecule has 27 heavy (non-hydrogen) atoms. The van der Waals surface area contributed by atoms with Crippen LogP contribution in [0, 0.1) is 13.8 Å². The number of aromatic nitrogens is 2. The minimum Gasteiger partial charge on any atom is -0.489 e. The van der Waals surface area contributed by atoms with Crippen molar-refractivity contribution in [3.63, 3.8) is 0 Å². The van der Waals surface area contributed by atoms with Gasteiger partial charge < -0.3 is 9.64 Å². The molecule has 5 nitrogen and oxygen atoms in total. The standard InChI is InChI=1S/C20H22BrN3O2S/c1-13-5-6-14(2)18(7-13)26-11-15-8-19(27-12-15)20(25)23(3)10-17-16(21)9-22-24(17)4/h5-9,12H,10-11H2,1-4H3. The van der Waals surface area contributed by atoms with Gasteiger partial charge in [-0.25, -0.2) is 0 Å². The van der Waals surface area contributed by atoms with Crippen molar-refractivity contribution < 1.29 is 9.53 Å². The zero-order valence-corrected chi connectivity index (χ0v) is 18.2. The smallest absolute Gasteiger partial charge is 0.264 e. The number of rotatable bonds is 6. The van der Waals surface area contributed by atoms with Crippen LogP contribution in [0.2, 0.25) is 0 Å². The second kappa shape index (κ2) is 8.27. The highest BCUT2D eigenvalue weighted by atomic mass is 79.9. The van der Waals surface area contributed by atoms with Gasteiger partial charge in [-0.2, -0.15) is 5.10 Å². The molecule has 0 fully saturated rings. The Hall–Kier alpha value is -2.12. The van der Waals surface area contributed by atoms with Crippen LogP contribution in [-0.4, -0.2) is 27.6 Å². The molecule has 0 saturated carbocycles. The van der Waals surface area contributed by atoms with Crippen LogP contribution in [0.3, 0.4) is 0 Å². The van der Waals surface area contributed by atoms with E-state index in [-0.39, 0.29) is 5.91 Å². The summed E-state index contributed by atoms with van der Waals surface area (Å²) in [6.07, 6.45) is 1.74. The maximum Gasteiger partial charge on any atom is 0.264 e. The Bertz CT molecular complexity index is 945. The molecule has 0 spiro atoms. The summed E-state index contributed by atoms with van der Waals surface area (Å²) in [5.41, 5.74) is 4.23. The van der Waals surface area contributed by atoms with Gasteiger partial charge in [0, 0.05) is 19.7 Å². The third-order valence-electron chi connectivity index (χ3n) is 4.35. The van der Waals surface area contributed by atoms with Crippen LogP contribution >= 0.6 is 27.3 Å². The summed E-state index contributed by atoms with van der Waals surface area (Å²) < 4.78 is 8.61. The lowest BCUT2D eigenvalue weighted by Crippen LogP contribution is -2.26. The van der Waals surface area contributed by atoms with Crippen LogP contribution in [0.5, 0.6) is 5.75 Å². The van der Waals surface area contributed by atoms with Crippen molar-refractivity contribution in [1.29, 1.82) is 0 Å². The molecule has 1 amide bonds. The van der Waals surface area contributed by atoms with Crippen molar-refractivity contribution >= 4 is 33.2 Å². The summed E-state index contributed by atoms with van der Waals surface area (Å²) in [5.74, 6) is 0.873. The van der Waals surface area contributed by atoms with E-state index in [1.54, 1.807) is 22.8 Å². The molecule has 3 aromatic rings. The molecule has 0 aliphatic heterocycles. The first-order chi connectivity index (χ1) is 12.8. The second-order valence-electron chi connectivity index (χ2n) is 6.60. The van der Waals surface area contributed by atoms with Gasteiger partial charge in [0.25, 0.3) is 5.91 Å². The van der Waals surface area contributed by atoms with E-state index >= 15 is 0 Å². The first kappa shape index (κ1) is 19.6. The van der Waals surface area contributed by atoms with Crippen LogP contribution < -0.4 is 4.74 Å². The molecule has 0 atom stereocenters. The number of amides is 1. The first-order valence-electron chi connectivity index (χ1n) is 8.54. The van der Waals surface area contributed by atoms with Gasteiger partial charge in [0.15, 0.2) is 0 Å². The second-order valence-corrected chi connectivity index (χ2v) is 8.37. The fourth-order valence-corrected chi connectivity index (χ4v) is 4.05. The van der Waals surface area contributed by atoms with Gasteiger partial charge in [-0.1, -0.05) is 12.1 Å². The lowest BCUT2D eigenvalue weighted by atomic mass is 10.1. The quantitative estimate of drug-likeness (QED) is 0.549. The molecule has 7 heteroatoms. The van der Waals surface area contributed by atoms with E-state index in [1.807, 2.05) is 38.4 Å². The Labute approximate surface area is 171 Å². The van der Waals surface area contributed by atoms with Crippen LogP contribution in [0.15, 0.2) is 40.3 Å². The van der Waals surface area contributed by atoms with Gasteiger partial charge in [0.1, 0.15) is 12.4 Å². The van der Waals surface area contributed by atoms with Crippen molar-refractivity contribution in [3.05, 3.63) is 67.6 Å². The molecule has 142 valence electrons. The lowest BCUT2D eigenvalue weighted by Gasteiger charge is -2.16. The number of ether oxygens (including phenoxy) is 1. The zero-order valence-electron chi connectivity index (χ0n) is 15.8. The van der Waals surface area contributed by atoms with Crippen molar-refractivity contribution in [2.45, 2.75) is 27.0 Å². The molecule has 0 aliphatic carbocycles. The van der Waals surface area contributed by atoms with E-state index in [0.29, 0.717) is 18.0 Å². The summed E-state index contributed by atoms with van der Waals surface area (Å²) in [5, 5.41) is 6.17. The topological polar surface area (TPSA) is 47.4 Å². The molecule has 1 aromatic carbocycles. The number of halogens is 1. The number of nitrogens with zero attached hydrogens (tertiary/aromatic N) is 3. The van der Waals surface area contributed by atoms with E-state index in [0.717, 1.165) is 27.0 Å². The van der Waals surface area contributed by atoms with Crippen LogP contribution in [-0.2, 0) is 20.2 Å². The summed E-state index contributed by atoms with van der Waals surface area (Å²) >= 11 is 4.92. The number of benzene rings is 1. The number of carbonyl (C=O) groups excluding carboxylic acids is 1. The molecule has 0 bridgehead atoms. The maximum atomic E-state index is 12.7. The third-order valence-corrected chi connectivity index (χ3v) is 5.98. The van der Waals surface area contributed by atoms with E-state index in [1.165, 1.54) is 16.9 Å². The predicted octanol–water partition coefficient (Wildman–Crippen LogP) is 4.71. The molecule has 0 unspecified atom stereocenters. The number of thiophene rings is 1. The summed E-state index contributed by atoms with van der Waals surface area (Å²) in [6, 6.07) is 8.07. The Morgan fingerprint density at radius 2 is 2.11 bits per heavy atom. The number of aryl methyl sites for hydroxylation is 3. The highest BCUT2D eigenvalue weighted by Crippen LogP contribution is 2.23. The number of carbonyl (C=O) groups is 1. The maximum absolute atomic E-state index is 12.7. The molecule has 0 saturated heterocycles. The lowest BCUT2D eigenvalue weighted by molar-refractivity contribution is 0.0786. The van der Waals surface area contributed by atoms with Crippen molar-refractivity contribution in [2.24, 2.45) is 7.05 Å². The van der Waals surface area contributed by atoms with Crippen LogP contribution in [0.1, 0.15) is 32.1 Å². The van der Waals surface area contributed by atoms with Gasteiger partial charge in [0.2, 0.25) is 0 Å². The molecule has 2 heterocycles. The summed E-state index contributed by atoms with van der Waals surface area (Å²) in [6.45, 7) is 5.01. The molecule has 0 aliphatic rings. The molecule has 0 radical (unpaired) electrons. The van der Waals surface area contributed by atoms with E-state index in [4.69, 9.17) is 4.74 Å². The molecule has 3 rings (SSSR count). The highest BCUT2D eigenvalue weighted by molar-refractivity contribution is 9.10. The SMILES string of the molecule is Cc1ccc(C)c(OCc2csc(C(=O)N(C)Cc3c(Br)cnn3C)c2)c1.